The second kappa shape index (κ2) is 6.14. The molecule has 2 aromatic rings. The second-order valence-corrected chi connectivity index (χ2v) is 4.57. The van der Waals surface area contributed by atoms with Crippen LogP contribution in [0.5, 0.6) is 5.75 Å². The van der Waals surface area contributed by atoms with Crippen LogP contribution in [0.1, 0.15) is 5.56 Å². The van der Waals surface area contributed by atoms with Crippen LogP contribution in [0.25, 0.3) is 0 Å². The number of nitrogens with zero attached hydrogens (tertiary/aromatic N) is 1. The Kier molecular flexibility index (Phi) is 4.29. The van der Waals surface area contributed by atoms with Gasteiger partial charge in [0.05, 0.1) is 7.11 Å². The summed E-state index contributed by atoms with van der Waals surface area (Å²) in [5.41, 5.74) is 9.19. The van der Waals surface area contributed by atoms with Crippen LogP contribution >= 0.6 is 0 Å². The predicted octanol–water partition coefficient (Wildman–Crippen LogP) is 2.96. The fraction of sp³-hybridized carbons (Fsp3) is 0.250. The fourth-order valence-corrected chi connectivity index (χ4v) is 2.02. The van der Waals surface area contributed by atoms with Crippen molar-refractivity contribution in [3.8, 4) is 5.75 Å². The molecule has 0 aliphatic rings. The number of nitrogen functional groups attached to an aromatic ring is 1. The number of ether oxygens (including phenoxy) is 1. The monoisotopic (exact) mass is 256 g/mol. The van der Waals surface area contributed by atoms with Crippen LogP contribution in [-0.4, -0.2) is 20.7 Å². The minimum absolute atomic E-state index is 0.866. The van der Waals surface area contributed by atoms with Gasteiger partial charge >= 0.3 is 0 Å². The number of hydrogen-bond acceptors (Lipinski definition) is 3. The number of likely N-dealkylation sites (N-methyl/N-ethyl adjacent to an activating group) is 1. The highest BCUT2D eigenvalue weighted by Crippen LogP contribution is 2.19. The van der Waals surface area contributed by atoms with E-state index in [0.717, 1.165) is 24.4 Å². The van der Waals surface area contributed by atoms with E-state index < -0.39 is 0 Å². The molecule has 0 radical (unpaired) electrons. The summed E-state index contributed by atoms with van der Waals surface area (Å²) in [7, 11) is 3.76. The summed E-state index contributed by atoms with van der Waals surface area (Å²) in [6.45, 7) is 0.931. The van der Waals surface area contributed by atoms with E-state index in [2.05, 4.69) is 30.1 Å². The van der Waals surface area contributed by atoms with Crippen LogP contribution < -0.4 is 15.4 Å². The Morgan fingerprint density at radius 3 is 2.37 bits per heavy atom. The number of methoxy groups -OCH3 is 1. The number of rotatable bonds is 5. The maximum atomic E-state index is 5.95. The second-order valence-electron chi connectivity index (χ2n) is 4.57. The van der Waals surface area contributed by atoms with Gasteiger partial charge in [-0.2, -0.15) is 0 Å². The lowest BCUT2D eigenvalue weighted by atomic mass is 10.1. The maximum absolute atomic E-state index is 5.95. The maximum Gasteiger partial charge on any atom is 0.119 e. The highest BCUT2D eigenvalue weighted by Gasteiger charge is 2.03. The Labute approximate surface area is 114 Å². The molecule has 0 atom stereocenters. The van der Waals surface area contributed by atoms with Gasteiger partial charge in [0, 0.05) is 25.0 Å². The van der Waals surface area contributed by atoms with Crippen LogP contribution in [0.2, 0.25) is 0 Å². The van der Waals surface area contributed by atoms with Gasteiger partial charge in [-0.15, -0.1) is 0 Å². The molecule has 0 unspecified atom stereocenters. The van der Waals surface area contributed by atoms with Crippen molar-refractivity contribution in [1.82, 2.24) is 0 Å². The van der Waals surface area contributed by atoms with Crippen molar-refractivity contribution in [2.45, 2.75) is 6.42 Å². The van der Waals surface area contributed by atoms with Gasteiger partial charge in [-0.05, 0) is 42.3 Å². The summed E-state index contributed by atoms with van der Waals surface area (Å²) in [5, 5.41) is 0. The van der Waals surface area contributed by atoms with Crippen molar-refractivity contribution in [2.75, 3.05) is 31.3 Å². The molecule has 2 N–H and O–H groups in total. The Balaban J connectivity index is 1.97. The third-order valence-electron chi connectivity index (χ3n) is 3.28. The zero-order valence-electron chi connectivity index (χ0n) is 11.5. The lowest BCUT2D eigenvalue weighted by molar-refractivity contribution is 0.415. The smallest absolute Gasteiger partial charge is 0.119 e. The van der Waals surface area contributed by atoms with Gasteiger partial charge < -0.3 is 15.4 Å². The molecule has 0 spiro atoms. The van der Waals surface area contributed by atoms with E-state index in [9.17, 15) is 0 Å². The van der Waals surface area contributed by atoms with Crippen LogP contribution in [0.4, 0.5) is 11.4 Å². The Morgan fingerprint density at radius 1 is 1.05 bits per heavy atom. The van der Waals surface area contributed by atoms with Crippen LogP contribution in [0.3, 0.4) is 0 Å². The van der Waals surface area contributed by atoms with Crippen molar-refractivity contribution in [2.24, 2.45) is 0 Å². The third-order valence-corrected chi connectivity index (χ3v) is 3.28. The first-order valence-electron chi connectivity index (χ1n) is 6.39. The SMILES string of the molecule is COc1ccc(N(C)CCc2ccccc2N)cc1. The van der Waals surface area contributed by atoms with Gasteiger partial charge in [-0.25, -0.2) is 0 Å². The largest absolute Gasteiger partial charge is 0.497 e. The quantitative estimate of drug-likeness (QED) is 0.836. The third kappa shape index (κ3) is 3.41. The molecule has 0 fully saturated rings. The Morgan fingerprint density at radius 2 is 1.74 bits per heavy atom. The number of benzene rings is 2. The Bertz CT molecular complexity index is 523. The molecule has 2 rings (SSSR count). The molecule has 19 heavy (non-hydrogen) atoms. The van der Waals surface area contributed by atoms with E-state index >= 15 is 0 Å². The first-order valence-corrected chi connectivity index (χ1v) is 6.39. The van der Waals surface area contributed by atoms with Crippen molar-refractivity contribution >= 4 is 11.4 Å². The van der Waals surface area contributed by atoms with Gasteiger partial charge in [-0.3, -0.25) is 0 Å². The molecular formula is C16H20N2O. The number of para-hydroxylation sites is 1. The predicted molar refractivity (Wildman–Crippen MR) is 80.8 cm³/mol. The van der Waals surface area contributed by atoms with Gasteiger partial charge in [0.25, 0.3) is 0 Å². The highest BCUT2D eigenvalue weighted by atomic mass is 16.5. The van der Waals surface area contributed by atoms with Crippen LogP contribution in [0.15, 0.2) is 48.5 Å². The van der Waals surface area contributed by atoms with Gasteiger partial charge in [-0.1, -0.05) is 18.2 Å². The summed E-state index contributed by atoms with van der Waals surface area (Å²) in [4.78, 5) is 2.21. The van der Waals surface area contributed by atoms with Crippen LogP contribution in [0, 0.1) is 0 Å². The van der Waals surface area contributed by atoms with Gasteiger partial charge in [0.1, 0.15) is 5.75 Å². The number of nitrogens with two attached hydrogens (primary N) is 1. The topological polar surface area (TPSA) is 38.5 Å². The summed E-state index contributed by atoms with van der Waals surface area (Å²) in [5.74, 6) is 0.879. The van der Waals surface area contributed by atoms with Crippen molar-refractivity contribution in [3.05, 3.63) is 54.1 Å². The summed E-state index contributed by atoms with van der Waals surface area (Å²) < 4.78 is 5.16. The molecule has 3 nitrogen and oxygen atoms in total. The molecule has 0 saturated heterocycles. The van der Waals surface area contributed by atoms with E-state index in [1.54, 1.807) is 7.11 Å². The molecule has 0 aliphatic heterocycles. The molecule has 2 aromatic carbocycles. The first-order chi connectivity index (χ1) is 9.20. The molecule has 0 bridgehead atoms. The average Bonchev–Trinajstić information content (AvgIpc) is 2.46. The normalized spacial score (nSPS) is 10.2. The molecule has 100 valence electrons. The van der Waals surface area contributed by atoms with Crippen molar-refractivity contribution in [1.29, 1.82) is 0 Å². The molecule has 3 heteroatoms. The molecule has 0 aliphatic carbocycles. The lowest BCUT2D eigenvalue weighted by Gasteiger charge is -2.20. The van der Waals surface area contributed by atoms with E-state index in [0.29, 0.717) is 0 Å². The number of hydrogen-bond donors (Lipinski definition) is 1. The minimum atomic E-state index is 0.866. The van der Waals surface area contributed by atoms with E-state index in [4.69, 9.17) is 10.5 Å². The Hall–Kier alpha value is -2.16. The minimum Gasteiger partial charge on any atom is -0.497 e. The van der Waals surface area contributed by atoms with E-state index in [1.807, 2.05) is 30.3 Å². The zero-order valence-corrected chi connectivity index (χ0v) is 11.5. The molecule has 0 aromatic heterocycles. The van der Waals surface area contributed by atoms with Crippen molar-refractivity contribution < 1.29 is 4.74 Å². The summed E-state index contributed by atoms with van der Waals surface area (Å²) >= 11 is 0. The summed E-state index contributed by atoms with van der Waals surface area (Å²) in [6, 6.07) is 16.1. The first kappa shape index (κ1) is 13.3. The fourth-order valence-electron chi connectivity index (χ4n) is 2.02. The molecule has 0 heterocycles. The van der Waals surface area contributed by atoms with Crippen LogP contribution in [-0.2, 0) is 6.42 Å². The summed E-state index contributed by atoms with van der Waals surface area (Å²) in [6.07, 6.45) is 0.940. The highest BCUT2D eigenvalue weighted by molar-refractivity contribution is 5.50. The molecule has 0 saturated carbocycles. The van der Waals surface area contributed by atoms with E-state index in [1.165, 1.54) is 11.3 Å². The molecule has 0 amide bonds. The molecular weight excluding hydrogens is 236 g/mol. The van der Waals surface area contributed by atoms with Gasteiger partial charge in [0.15, 0.2) is 0 Å². The number of anilines is 2. The zero-order chi connectivity index (χ0) is 13.7. The van der Waals surface area contributed by atoms with Gasteiger partial charge in [0.2, 0.25) is 0 Å². The van der Waals surface area contributed by atoms with Crippen molar-refractivity contribution in [3.63, 3.8) is 0 Å². The average molecular weight is 256 g/mol. The standard InChI is InChI=1S/C16H20N2O/c1-18(14-7-9-15(19-2)10-8-14)12-11-13-5-3-4-6-16(13)17/h3-10H,11-12,17H2,1-2H3. The van der Waals surface area contributed by atoms with E-state index in [-0.39, 0.29) is 0 Å². The lowest BCUT2D eigenvalue weighted by Crippen LogP contribution is -2.20.